The molecular weight excluding hydrogens is 335 g/mol. The van der Waals surface area contributed by atoms with E-state index in [1.807, 2.05) is 18.2 Å². The van der Waals surface area contributed by atoms with Gasteiger partial charge < -0.3 is 5.73 Å². The van der Waals surface area contributed by atoms with Crippen LogP contribution in [0.4, 0.5) is 13.2 Å². The smallest absolute Gasteiger partial charge is 0.330 e. The van der Waals surface area contributed by atoms with E-state index in [4.69, 9.17) is 5.73 Å². The minimum Gasteiger partial charge on any atom is -0.330 e. The lowest BCUT2D eigenvalue weighted by Crippen LogP contribution is -2.24. The molecule has 0 radical (unpaired) electrons. The Morgan fingerprint density at radius 2 is 1.96 bits per heavy atom. The zero-order valence-electron chi connectivity index (χ0n) is 13.4. The van der Waals surface area contributed by atoms with Gasteiger partial charge in [-0.15, -0.1) is 11.3 Å². The van der Waals surface area contributed by atoms with Crippen LogP contribution in [0.2, 0.25) is 0 Å². The highest BCUT2D eigenvalue weighted by Crippen LogP contribution is 2.37. The number of nitrogens with zero attached hydrogens (tertiary/aromatic N) is 2. The molecule has 1 aromatic carbocycles. The van der Waals surface area contributed by atoms with Crippen molar-refractivity contribution in [2.24, 2.45) is 11.7 Å². The fourth-order valence-corrected chi connectivity index (χ4v) is 4.41. The highest BCUT2D eigenvalue weighted by atomic mass is 32.1. The van der Waals surface area contributed by atoms with Crippen LogP contribution in [0.15, 0.2) is 30.3 Å². The summed E-state index contributed by atoms with van der Waals surface area (Å²) >= 11 is 1.13. The van der Waals surface area contributed by atoms with E-state index in [1.54, 1.807) is 6.92 Å². The average molecular weight is 355 g/mol. The molecule has 0 aliphatic carbocycles. The summed E-state index contributed by atoms with van der Waals surface area (Å²) in [7, 11) is 0. The lowest BCUT2D eigenvalue weighted by atomic mass is 9.89. The van der Waals surface area contributed by atoms with Crippen LogP contribution in [0.3, 0.4) is 0 Å². The van der Waals surface area contributed by atoms with E-state index in [1.165, 1.54) is 5.56 Å². The molecule has 1 aromatic heterocycles. The Bertz CT molecular complexity index is 684. The Kier molecular flexibility index (Phi) is 4.94. The molecule has 2 aromatic rings. The molecule has 3 nitrogen and oxygen atoms in total. The van der Waals surface area contributed by atoms with Crippen LogP contribution in [0.1, 0.15) is 27.1 Å². The van der Waals surface area contributed by atoms with Crippen LogP contribution >= 0.6 is 11.3 Å². The number of rotatable bonds is 4. The van der Waals surface area contributed by atoms with Gasteiger partial charge in [-0.25, -0.2) is 4.98 Å². The van der Waals surface area contributed by atoms with Crippen LogP contribution in [0.5, 0.6) is 0 Å². The first-order valence-electron chi connectivity index (χ1n) is 7.89. The van der Waals surface area contributed by atoms with E-state index >= 15 is 0 Å². The molecular formula is C17H20F3N3S. The zero-order chi connectivity index (χ0) is 17.3. The Labute approximate surface area is 143 Å². The largest absolute Gasteiger partial charge is 0.434 e. The number of benzene rings is 1. The molecule has 1 saturated heterocycles. The van der Waals surface area contributed by atoms with Crippen molar-refractivity contribution in [3.8, 4) is 0 Å². The first-order chi connectivity index (χ1) is 11.4. The SMILES string of the molecule is Cc1nc(C(F)(F)F)c(CN2C[C@@H](CN)[C@H](c3ccccc3)C2)s1. The normalized spacial score (nSPS) is 22.2. The summed E-state index contributed by atoms with van der Waals surface area (Å²) in [5.41, 5.74) is 6.37. The second-order valence-corrected chi connectivity index (χ2v) is 7.50. The molecule has 1 aliphatic heterocycles. The number of likely N-dealkylation sites (tertiary alicyclic amines) is 1. The molecule has 0 spiro atoms. The third kappa shape index (κ3) is 3.63. The standard InChI is InChI=1S/C17H20F3N3S/c1-11-22-16(17(18,19)20)15(24-11)10-23-8-13(7-21)14(9-23)12-5-3-2-4-6-12/h2-6,13-14H,7-10,21H2,1H3/t13-,14+/m1/s1. The van der Waals surface area contributed by atoms with Crippen molar-refractivity contribution < 1.29 is 13.2 Å². The van der Waals surface area contributed by atoms with Gasteiger partial charge in [-0.05, 0) is 24.9 Å². The molecule has 1 aliphatic rings. The maximum absolute atomic E-state index is 13.1. The fraction of sp³-hybridized carbons (Fsp3) is 0.471. The van der Waals surface area contributed by atoms with Crippen molar-refractivity contribution >= 4 is 11.3 Å². The average Bonchev–Trinajstić information content (AvgIpc) is 3.11. The Balaban J connectivity index is 1.78. The van der Waals surface area contributed by atoms with Gasteiger partial charge in [-0.2, -0.15) is 13.2 Å². The molecule has 0 amide bonds. The molecule has 0 saturated carbocycles. The number of nitrogens with two attached hydrogens (primary N) is 1. The molecule has 1 fully saturated rings. The molecule has 3 rings (SSSR count). The minimum atomic E-state index is -4.40. The van der Waals surface area contributed by atoms with E-state index in [2.05, 4.69) is 22.0 Å². The molecule has 2 atom stereocenters. The summed E-state index contributed by atoms with van der Waals surface area (Å²) in [6.45, 7) is 3.86. The number of alkyl halides is 3. The highest BCUT2D eigenvalue weighted by Gasteiger charge is 2.39. The van der Waals surface area contributed by atoms with Gasteiger partial charge >= 0.3 is 6.18 Å². The fourth-order valence-electron chi connectivity index (χ4n) is 3.41. The first kappa shape index (κ1) is 17.4. The quantitative estimate of drug-likeness (QED) is 0.910. The van der Waals surface area contributed by atoms with Gasteiger partial charge in [0.05, 0.1) is 9.88 Å². The molecule has 24 heavy (non-hydrogen) atoms. The Morgan fingerprint density at radius 1 is 1.25 bits per heavy atom. The number of hydrogen-bond donors (Lipinski definition) is 1. The second kappa shape index (κ2) is 6.82. The molecule has 130 valence electrons. The van der Waals surface area contributed by atoms with Crippen LogP contribution in [0, 0.1) is 12.8 Å². The lowest BCUT2D eigenvalue weighted by molar-refractivity contribution is -0.141. The van der Waals surface area contributed by atoms with Gasteiger partial charge in [-0.3, -0.25) is 4.90 Å². The topological polar surface area (TPSA) is 42.2 Å². The number of aryl methyl sites for hydroxylation is 1. The summed E-state index contributed by atoms with van der Waals surface area (Å²) in [5, 5.41) is 0.450. The van der Waals surface area contributed by atoms with Crippen LogP contribution in [-0.4, -0.2) is 29.5 Å². The van der Waals surface area contributed by atoms with E-state index in [9.17, 15) is 13.2 Å². The Hall–Kier alpha value is -1.44. The van der Waals surface area contributed by atoms with E-state index in [0.29, 0.717) is 23.0 Å². The van der Waals surface area contributed by atoms with Gasteiger partial charge in [-0.1, -0.05) is 30.3 Å². The first-order valence-corrected chi connectivity index (χ1v) is 8.71. The van der Waals surface area contributed by atoms with E-state index in [0.717, 1.165) is 17.9 Å². The zero-order valence-corrected chi connectivity index (χ0v) is 14.2. The van der Waals surface area contributed by atoms with Crippen molar-refractivity contribution in [3.05, 3.63) is 51.5 Å². The maximum Gasteiger partial charge on any atom is 0.434 e. The van der Waals surface area contributed by atoms with Crippen molar-refractivity contribution in [2.75, 3.05) is 19.6 Å². The van der Waals surface area contributed by atoms with Crippen LogP contribution < -0.4 is 5.73 Å². The maximum atomic E-state index is 13.1. The summed E-state index contributed by atoms with van der Waals surface area (Å²) in [6, 6.07) is 10.1. The molecule has 7 heteroatoms. The third-order valence-electron chi connectivity index (χ3n) is 4.49. The lowest BCUT2D eigenvalue weighted by Gasteiger charge is -2.17. The predicted octanol–water partition coefficient (Wildman–Crippen LogP) is 3.64. The van der Waals surface area contributed by atoms with Gasteiger partial charge in [0, 0.05) is 25.6 Å². The van der Waals surface area contributed by atoms with Gasteiger partial charge in [0.15, 0.2) is 5.69 Å². The van der Waals surface area contributed by atoms with Gasteiger partial charge in [0.25, 0.3) is 0 Å². The molecule has 2 heterocycles. The summed E-state index contributed by atoms with van der Waals surface area (Å²) < 4.78 is 39.4. The van der Waals surface area contributed by atoms with Crippen molar-refractivity contribution in [1.82, 2.24) is 9.88 Å². The van der Waals surface area contributed by atoms with Crippen LogP contribution in [0.25, 0.3) is 0 Å². The summed E-state index contributed by atoms with van der Waals surface area (Å²) in [4.78, 5) is 6.05. The highest BCUT2D eigenvalue weighted by molar-refractivity contribution is 7.11. The second-order valence-electron chi connectivity index (χ2n) is 6.21. The minimum absolute atomic E-state index is 0.260. The third-order valence-corrected chi connectivity index (χ3v) is 5.44. The summed E-state index contributed by atoms with van der Waals surface area (Å²) in [6.07, 6.45) is -4.40. The predicted molar refractivity (Wildman–Crippen MR) is 88.9 cm³/mol. The van der Waals surface area contributed by atoms with Gasteiger partial charge in [0.2, 0.25) is 0 Å². The van der Waals surface area contributed by atoms with E-state index < -0.39 is 11.9 Å². The number of thiazole rings is 1. The van der Waals surface area contributed by atoms with E-state index in [-0.39, 0.29) is 18.4 Å². The van der Waals surface area contributed by atoms with Crippen molar-refractivity contribution in [2.45, 2.75) is 25.6 Å². The van der Waals surface area contributed by atoms with Crippen molar-refractivity contribution in [3.63, 3.8) is 0 Å². The molecule has 0 unspecified atom stereocenters. The molecule has 0 bridgehead atoms. The summed E-state index contributed by atoms with van der Waals surface area (Å²) in [5.74, 6) is 0.523. The monoisotopic (exact) mass is 355 g/mol. The Morgan fingerprint density at radius 3 is 2.58 bits per heavy atom. The van der Waals surface area contributed by atoms with Crippen LogP contribution in [-0.2, 0) is 12.7 Å². The number of halogens is 3. The number of aromatic nitrogens is 1. The molecule has 2 N–H and O–H groups in total. The van der Waals surface area contributed by atoms with Gasteiger partial charge in [0.1, 0.15) is 0 Å². The number of hydrogen-bond acceptors (Lipinski definition) is 4. The van der Waals surface area contributed by atoms with Crippen molar-refractivity contribution in [1.29, 1.82) is 0 Å².